The average molecular weight is 231 g/mol. The normalized spacial score (nSPS) is 17.6. The Hall–Kier alpha value is -1.39. The highest BCUT2D eigenvalue weighted by Gasteiger charge is 2.13. The molecule has 2 aromatic heterocycles. The molecule has 3 heterocycles. The molecule has 0 amide bonds. The van der Waals surface area contributed by atoms with Crippen LogP contribution < -0.4 is 5.32 Å². The SMILES string of the molecule is c1ccn2cc(COC3CCNCC3)nc2c1. The van der Waals surface area contributed by atoms with Crippen LogP contribution in [-0.2, 0) is 11.3 Å². The van der Waals surface area contributed by atoms with Crippen LogP contribution in [0.4, 0.5) is 0 Å². The number of hydrogen-bond acceptors (Lipinski definition) is 3. The summed E-state index contributed by atoms with van der Waals surface area (Å²) in [4.78, 5) is 4.52. The van der Waals surface area contributed by atoms with Gasteiger partial charge in [-0.2, -0.15) is 0 Å². The summed E-state index contributed by atoms with van der Waals surface area (Å²) in [5, 5.41) is 3.33. The van der Waals surface area contributed by atoms with Crippen molar-refractivity contribution in [2.24, 2.45) is 0 Å². The minimum absolute atomic E-state index is 0.390. The molecule has 1 saturated heterocycles. The van der Waals surface area contributed by atoms with E-state index in [1.54, 1.807) is 0 Å². The lowest BCUT2D eigenvalue weighted by Crippen LogP contribution is -2.32. The molecule has 0 radical (unpaired) electrons. The molecule has 0 aliphatic carbocycles. The average Bonchev–Trinajstić information content (AvgIpc) is 2.80. The van der Waals surface area contributed by atoms with Gasteiger partial charge in [-0.3, -0.25) is 0 Å². The van der Waals surface area contributed by atoms with Crippen molar-refractivity contribution in [2.45, 2.75) is 25.6 Å². The van der Waals surface area contributed by atoms with Crippen LogP contribution in [0.25, 0.3) is 5.65 Å². The van der Waals surface area contributed by atoms with Crippen LogP contribution in [0.3, 0.4) is 0 Å². The number of rotatable bonds is 3. The number of nitrogens with zero attached hydrogens (tertiary/aromatic N) is 2. The molecule has 90 valence electrons. The summed E-state index contributed by atoms with van der Waals surface area (Å²) in [6, 6.07) is 6.01. The van der Waals surface area contributed by atoms with Gasteiger partial charge in [0.25, 0.3) is 0 Å². The summed E-state index contributed by atoms with van der Waals surface area (Å²) in [5.41, 5.74) is 1.99. The Bertz CT molecular complexity index is 455. The van der Waals surface area contributed by atoms with Crippen molar-refractivity contribution in [3.8, 4) is 0 Å². The third-order valence-electron chi connectivity index (χ3n) is 3.17. The molecular weight excluding hydrogens is 214 g/mol. The van der Waals surface area contributed by atoms with Crippen molar-refractivity contribution in [3.63, 3.8) is 0 Å². The smallest absolute Gasteiger partial charge is 0.137 e. The lowest BCUT2D eigenvalue weighted by atomic mass is 10.1. The zero-order chi connectivity index (χ0) is 11.5. The van der Waals surface area contributed by atoms with Crippen LogP contribution in [0.1, 0.15) is 18.5 Å². The van der Waals surface area contributed by atoms with Crippen LogP contribution in [-0.4, -0.2) is 28.6 Å². The third kappa shape index (κ3) is 2.48. The van der Waals surface area contributed by atoms with Gasteiger partial charge in [-0.25, -0.2) is 4.98 Å². The van der Waals surface area contributed by atoms with Gasteiger partial charge in [-0.05, 0) is 38.1 Å². The molecule has 1 aliphatic rings. The largest absolute Gasteiger partial charge is 0.372 e. The van der Waals surface area contributed by atoms with Crippen molar-refractivity contribution in [2.75, 3.05) is 13.1 Å². The molecule has 1 N–H and O–H groups in total. The van der Waals surface area contributed by atoms with Crippen LogP contribution in [0.15, 0.2) is 30.6 Å². The second kappa shape index (κ2) is 4.85. The first-order chi connectivity index (χ1) is 8.42. The molecule has 1 fully saturated rings. The number of pyridine rings is 1. The molecule has 0 unspecified atom stereocenters. The zero-order valence-electron chi connectivity index (χ0n) is 9.80. The first kappa shape index (κ1) is 10.7. The van der Waals surface area contributed by atoms with E-state index in [4.69, 9.17) is 4.74 Å². The molecule has 0 atom stereocenters. The van der Waals surface area contributed by atoms with Crippen molar-refractivity contribution in [3.05, 3.63) is 36.3 Å². The van der Waals surface area contributed by atoms with E-state index in [1.807, 2.05) is 35.0 Å². The second-order valence-electron chi connectivity index (χ2n) is 4.46. The minimum Gasteiger partial charge on any atom is -0.372 e. The molecule has 0 spiro atoms. The highest BCUT2D eigenvalue weighted by Crippen LogP contribution is 2.11. The fourth-order valence-electron chi connectivity index (χ4n) is 2.22. The molecule has 2 aromatic rings. The van der Waals surface area contributed by atoms with Crippen molar-refractivity contribution >= 4 is 5.65 Å². The van der Waals surface area contributed by atoms with Crippen molar-refractivity contribution in [1.29, 1.82) is 0 Å². The molecule has 0 aromatic carbocycles. The standard InChI is InChI=1S/C13H17N3O/c1-2-8-16-9-11(15-13(16)3-1)10-17-12-4-6-14-7-5-12/h1-3,8-9,12,14H,4-7,10H2. The van der Waals surface area contributed by atoms with E-state index in [-0.39, 0.29) is 0 Å². The van der Waals surface area contributed by atoms with Gasteiger partial charge in [-0.1, -0.05) is 6.07 Å². The van der Waals surface area contributed by atoms with Gasteiger partial charge in [0.2, 0.25) is 0 Å². The second-order valence-corrected chi connectivity index (χ2v) is 4.46. The van der Waals surface area contributed by atoms with Crippen LogP contribution in [0.5, 0.6) is 0 Å². The summed E-state index contributed by atoms with van der Waals surface area (Å²) in [6.45, 7) is 2.75. The Morgan fingerprint density at radius 3 is 3.06 bits per heavy atom. The predicted octanol–water partition coefficient (Wildman–Crippen LogP) is 1.60. The molecule has 4 heteroatoms. The van der Waals surface area contributed by atoms with E-state index in [0.29, 0.717) is 12.7 Å². The molecule has 4 nitrogen and oxygen atoms in total. The van der Waals surface area contributed by atoms with E-state index in [1.165, 1.54) is 0 Å². The van der Waals surface area contributed by atoms with E-state index < -0.39 is 0 Å². The monoisotopic (exact) mass is 231 g/mol. The Morgan fingerprint density at radius 1 is 1.35 bits per heavy atom. The summed E-state index contributed by atoms with van der Waals surface area (Å²) < 4.78 is 7.91. The topological polar surface area (TPSA) is 38.6 Å². The fraction of sp³-hybridized carbons (Fsp3) is 0.462. The summed E-state index contributed by atoms with van der Waals surface area (Å²) in [6.07, 6.45) is 6.65. The maximum absolute atomic E-state index is 5.88. The van der Waals surface area contributed by atoms with Gasteiger partial charge in [0, 0.05) is 12.4 Å². The predicted molar refractivity (Wildman–Crippen MR) is 65.9 cm³/mol. The minimum atomic E-state index is 0.390. The molecule has 1 aliphatic heterocycles. The number of ether oxygens (including phenoxy) is 1. The van der Waals surface area contributed by atoms with Crippen LogP contribution in [0, 0.1) is 0 Å². The lowest BCUT2D eigenvalue weighted by molar-refractivity contribution is 0.0198. The van der Waals surface area contributed by atoms with Crippen LogP contribution in [0.2, 0.25) is 0 Å². The number of aromatic nitrogens is 2. The molecule has 17 heavy (non-hydrogen) atoms. The van der Waals surface area contributed by atoms with E-state index in [0.717, 1.165) is 37.3 Å². The van der Waals surface area contributed by atoms with Gasteiger partial charge in [-0.15, -0.1) is 0 Å². The number of piperidine rings is 1. The molecule has 3 rings (SSSR count). The zero-order valence-corrected chi connectivity index (χ0v) is 9.80. The quantitative estimate of drug-likeness (QED) is 0.872. The Balaban J connectivity index is 1.64. The van der Waals surface area contributed by atoms with Gasteiger partial charge in [0.1, 0.15) is 5.65 Å². The van der Waals surface area contributed by atoms with Gasteiger partial charge in [0.05, 0.1) is 18.4 Å². The summed E-state index contributed by atoms with van der Waals surface area (Å²) in [7, 11) is 0. The highest BCUT2D eigenvalue weighted by atomic mass is 16.5. The molecule has 0 saturated carbocycles. The Kier molecular flexibility index (Phi) is 3.07. The van der Waals surface area contributed by atoms with E-state index in [9.17, 15) is 0 Å². The molecule has 0 bridgehead atoms. The Labute approximate surface area is 101 Å². The van der Waals surface area contributed by atoms with E-state index >= 15 is 0 Å². The molecular formula is C13H17N3O. The summed E-state index contributed by atoms with van der Waals surface area (Å²) >= 11 is 0. The van der Waals surface area contributed by atoms with Crippen LogP contribution >= 0.6 is 0 Å². The third-order valence-corrected chi connectivity index (χ3v) is 3.17. The van der Waals surface area contributed by atoms with Gasteiger partial charge < -0.3 is 14.5 Å². The highest BCUT2D eigenvalue weighted by molar-refractivity contribution is 5.39. The number of imidazole rings is 1. The first-order valence-corrected chi connectivity index (χ1v) is 6.17. The first-order valence-electron chi connectivity index (χ1n) is 6.17. The maximum Gasteiger partial charge on any atom is 0.137 e. The van der Waals surface area contributed by atoms with E-state index in [2.05, 4.69) is 10.3 Å². The van der Waals surface area contributed by atoms with Crippen molar-refractivity contribution in [1.82, 2.24) is 14.7 Å². The number of nitrogens with one attached hydrogen (secondary N) is 1. The summed E-state index contributed by atoms with van der Waals surface area (Å²) in [5.74, 6) is 0. The Morgan fingerprint density at radius 2 is 2.24 bits per heavy atom. The number of hydrogen-bond donors (Lipinski definition) is 1. The number of fused-ring (bicyclic) bond motifs is 1. The van der Waals surface area contributed by atoms with Crippen molar-refractivity contribution < 1.29 is 4.74 Å². The fourth-order valence-corrected chi connectivity index (χ4v) is 2.22. The van der Waals surface area contributed by atoms with Gasteiger partial charge >= 0.3 is 0 Å². The lowest BCUT2D eigenvalue weighted by Gasteiger charge is -2.22. The maximum atomic E-state index is 5.88. The van der Waals surface area contributed by atoms with Gasteiger partial charge in [0.15, 0.2) is 0 Å².